The minimum absolute atomic E-state index is 0.0263. The van der Waals surface area contributed by atoms with Gasteiger partial charge in [0.1, 0.15) is 30.1 Å². The number of hydrogen-bond donors (Lipinski definition) is 7. The molecule has 4 heterocycles. The van der Waals surface area contributed by atoms with Crippen LogP contribution in [0.4, 0.5) is 20.1 Å². The van der Waals surface area contributed by atoms with Gasteiger partial charge >= 0.3 is 24.1 Å². The summed E-state index contributed by atoms with van der Waals surface area (Å²) >= 11 is 1.19. The Kier molecular flexibility index (Phi) is 10.7. The van der Waals surface area contributed by atoms with Crippen molar-refractivity contribution in [1.82, 2.24) is 25.8 Å². The first-order valence-corrected chi connectivity index (χ1v) is 16.1. The number of carbonyl (C=O) groups is 8. The van der Waals surface area contributed by atoms with Crippen molar-refractivity contribution in [2.45, 2.75) is 30.0 Å². The number of aromatic nitrogens is 1. The van der Waals surface area contributed by atoms with Crippen LogP contribution in [0.1, 0.15) is 22.0 Å². The summed E-state index contributed by atoms with van der Waals surface area (Å²) in [4.78, 5) is 101. The van der Waals surface area contributed by atoms with Crippen molar-refractivity contribution >= 4 is 65.3 Å². The number of hydrogen-bond acceptors (Lipinski definition) is 12. The molecule has 51 heavy (non-hydrogen) atoms. The van der Waals surface area contributed by atoms with E-state index in [0.29, 0.717) is 5.57 Å². The van der Waals surface area contributed by atoms with Gasteiger partial charge in [-0.05, 0) is 17.7 Å². The van der Waals surface area contributed by atoms with Gasteiger partial charge in [-0.15, -0.1) is 11.8 Å². The molecule has 2 aromatic rings. The number of thioether (sulfide) groups is 1. The molecule has 3 aliphatic rings. The van der Waals surface area contributed by atoms with Gasteiger partial charge in [-0.3, -0.25) is 29.4 Å². The number of imide groups is 1. The lowest BCUT2D eigenvalue weighted by Crippen LogP contribution is -2.72. The van der Waals surface area contributed by atoms with Gasteiger partial charge in [0, 0.05) is 42.2 Å². The number of nitrogens with one attached hydrogen (secondary N) is 4. The predicted molar refractivity (Wildman–Crippen MR) is 171 cm³/mol. The number of carbonyl (C=O) groups excluding carboxylic acids is 7. The molecule has 9 N–H and O–H groups in total. The summed E-state index contributed by atoms with van der Waals surface area (Å²) in [6.45, 7) is -0.325. The summed E-state index contributed by atoms with van der Waals surface area (Å²) in [6, 6.07) is 2.69. The zero-order chi connectivity index (χ0) is 37.0. The van der Waals surface area contributed by atoms with E-state index in [-0.39, 0.29) is 47.9 Å². The molecule has 3 aliphatic heterocycles. The molecule has 1 aromatic carbocycles. The van der Waals surface area contributed by atoms with Crippen LogP contribution < -0.4 is 42.4 Å². The average Bonchev–Trinajstić information content (AvgIpc) is 3.54. The Hall–Kier alpha value is -6.22. The molecular formula is C30H31N9O11S. The SMILES string of the molecule is NC(=O)c1cc[n+](CC2=C(C(=O)[O-])N3C(=O)[C@@H](NC(=O)[C@H](NC(=O)N4CCNC4=O)c4ccc(NC(=O)OC[C@@H](N)C(=O)O)cc4)[C@@H]3SC2)cc1. The normalized spacial score (nSPS) is 19.2. The Balaban J connectivity index is 1.31. The molecule has 5 rings (SSSR count). The van der Waals surface area contributed by atoms with E-state index in [2.05, 4.69) is 21.3 Å². The molecular weight excluding hydrogens is 694 g/mol. The number of benzene rings is 1. The molecule has 0 bridgehead atoms. The summed E-state index contributed by atoms with van der Waals surface area (Å²) in [6.07, 6.45) is 2.06. The molecule has 1 aromatic heterocycles. The van der Waals surface area contributed by atoms with Crippen molar-refractivity contribution in [1.29, 1.82) is 0 Å². The van der Waals surface area contributed by atoms with Crippen molar-refractivity contribution in [3.8, 4) is 0 Å². The number of nitrogens with two attached hydrogens (primary N) is 2. The number of carboxylic acid groups (broad SMARTS) is 2. The molecule has 2 fully saturated rings. The number of anilines is 1. The Bertz CT molecular complexity index is 1820. The van der Waals surface area contributed by atoms with E-state index in [1.807, 2.05) is 0 Å². The molecule has 0 unspecified atom stereocenters. The van der Waals surface area contributed by atoms with Crippen LogP contribution in [0, 0.1) is 0 Å². The van der Waals surface area contributed by atoms with Gasteiger partial charge in [0.2, 0.25) is 11.8 Å². The van der Waals surface area contributed by atoms with E-state index in [1.54, 1.807) is 4.57 Å². The molecule has 268 valence electrons. The number of urea groups is 2. The fourth-order valence-electron chi connectivity index (χ4n) is 5.29. The third-order valence-electron chi connectivity index (χ3n) is 7.92. The number of β-lactam (4-membered cyclic amide) rings is 1. The van der Waals surface area contributed by atoms with E-state index in [0.717, 1.165) is 9.80 Å². The zero-order valence-electron chi connectivity index (χ0n) is 26.4. The first-order chi connectivity index (χ1) is 24.2. The minimum Gasteiger partial charge on any atom is -0.543 e. The number of amides is 8. The maximum absolute atomic E-state index is 13.7. The number of fused-ring (bicyclic) bond motifs is 1. The van der Waals surface area contributed by atoms with Crippen molar-refractivity contribution in [3.63, 3.8) is 0 Å². The average molecular weight is 726 g/mol. The second kappa shape index (κ2) is 15.1. The number of rotatable bonds is 12. The number of aliphatic carboxylic acids is 2. The fourth-order valence-corrected chi connectivity index (χ4v) is 6.63. The van der Waals surface area contributed by atoms with Crippen LogP contribution in [-0.4, -0.2) is 106 Å². The molecule has 20 nitrogen and oxygen atoms in total. The highest BCUT2D eigenvalue weighted by atomic mass is 32.2. The summed E-state index contributed by atoms with van der Waals surface area (Å²) in [5.74, 6) is -5.05. The maximum atomic E-state index is 13.7. The van der Waals surface area contributed by atoms with Crippen LogP contribution in [0.2, 0.25) is 0 Å². The van der Waals surface area contributed by atoms with Crippen LogP contribution in [0.25, 0.3) is 0 Å². The van der Waals surface area contributed by atoms with Crippen molar-refractivity contribution in [3.05, 3.63) is 71.2 Å². The second-order valence-corrected chi connectivity index (χ2v) is 12.4. The molecule has 2 saturated heterocycles. The number of carboxylic acids is 2. The number of nitrogens with zero attached hydrogens (tertiary/aromatic N) is 3. The Labute approximate surface area is 292 Å². The van der Waals surface area contributed by atoms with Gasteiger partial charge in [-0.25, -0.2) is 23.9 Å². The highest BCUT2D eigenvalue weighted by molar-refractivity contribution is 8.00. The lowest BCUT2D eigenvalue weighted by Gasteiger charge is -2.50. The molecule has 0 saturated carbocycles. The number of ether oxygens (including phenoxy) is 1. The van der Waals surface area contributed by atoms with Gasteiger partial charge in [-0.2, -0.15) is 0 Å². The molecule has 0 spiro atoms. The van der Waals surface area contributed by atoms with E-state index < -0.39 is 77.9 Å². The zero-order valence-corrected chi connectivity index (χ0v) is 27.2. The Morgan fingerprint density at radius 3 is 2.37 bits per heavy atom. The summed E-state index contributed by atoms with van der Waals surface area (Å²) in [7, 11) is 0. The number of primary amides is 1. The Morgan fingerprint density at radius 2 is 1.78 bits per heavy atom. The molecule has 8 amide bonds. The second-order valence-electron chi connectivity index (χ2n) is 11.3. The summed E-state index contributed by atoms with van der Waals surface area (Å²) in [5.41, 5.74) is 11.2. The van der Waals surface area contributed by atoms with Crippen LogP contribution in [-0.2, 0) is 30.5 Å². The first kappa shape index (κ1) is 36.1. The van der Waals surface area contributed by atoms with E-state index in [4.69, 9.17) is 21.3 Å². The van der Waals surface area contributed by atoms with Crippen LogP contribution in [0.3, 0.4) is 0 Å². The van der Waals surface area contributed by atoms with Crippen LogP contribution >= 0.6 is 11.8 Å². The van der Waals surface area contributed by atoms with Gasteiger partial charge in [0.15, 0.2) is 18.9 Å². The van der Waals surface area contributed by atoms with Crippen LogP contribution in [0.15, 0.2) is 60.1 Å². The summed E-state index contributed by atoms with van der Waals surface area (Å²) in [5, 5.41) is 30.1. The van der Waals surface area contributed by atoms with Gasteiger partial charge < -0.3 is 47.2 Å². The third-order valence-corrected chi connectivity index (χ3v) is 9.26. The highest BCUT2D eigenvalue weighted by Crippen LogP contribution is 2.40. The van der Waals surface area contributed by atoms with Gasteiger partial charge in [0.05, 0.1) is 17.2 Å². The highest BCUT2D eigenvalue weighted by Gasteiger charge is 2.53. The minimum atomic E-state index is -1.60. The Morgan fingerprint density at radius 1 is 1.10 bits per heavy atom. The van der Waals surface area contributed by atoms with Crippen molar-refractivity contribution in [2.75, 3.05) is 30.8 Å². The monoisotopic (exact) mass is 725 g/mol. The quantitative estimate of drug-likeness (QED) is 0.0845. The van der Waals surface area contributed by atoms with E-state index >= 15 is 0 Å². The predicted octanol–water partition coefficient (Wildman–Crippen LogP) is -3.09. The van der Waals surface area contributed by atoms with Crippen LogP contribution in [0.5, 0.6) is 0 Å². The summed E-state index contributed by atoms with van der Waals surface area (Å²) < 4.78 is 6.37. The fraction of sp³-hybridized carbons (Fsp3) is 0.300. The topological polar surface area (TPSA) is 300 Å². The lowest BCUT2D eigenvalue weighted by molar-refractivity contribution is -0.689. The first-order valence-electron chi connectivity index (χ1n) is 15.1. The van der Waals surface area contributed by atoms with Gasteiger partial charge in [0.25, 0.3) is 5.91 Å². The standard InChI is InChI=1S/C30H31N9O11S/c31-18(26(43)44)12-50-30(49)34-17-3-1-14(2-4-17)19(36-29(48)38-10-7-33-28(38)47)23(41)35-20-24(42)39-21(27(45)46)16(13-51-25(20)39)11-37-8-5-15(6-9-37)22(32)40/h1-6,8-9,18-20,25H,7,10-13,31H2,(H7-,32,33,34,35,36,40,41,43,44,45,46,47,48,49)/t18-,19-,20-,25+/m1/s1. The lowest BCUT2D eigenvalue weighted by atomic mass is 10.0. The molecule has 0 aliphatic carbocycles. The third kappa shape index (κ3) is 7.99. The molecule has 21 heteroatoms. The van der Waals surface area contributed by atoms with Gasteiger partial charge in [-0.1, -0.05) is 12.1 Å². The smallest absolute Gasteiger partial charge is 0.411 e. The van der Waals surface area contributed by atoms with Crippen molar-refractivity contribution < 1.29 is 57.9 Å². The van der Waals surface area contributed by atoms with E-state index in [9.17, 15) is 43.5 Å². The van der Waals surface area contributed by atoms with Crippen molar-refractivity contribution in [2.24, 2.45) is 11.5 Å². The molecule has 4 atom stereocenters. The largest absolute Gasteiger partial charge is 0.543 e. The van der Waals surface area contributed by atoms with E-state index in [1.165, 1.54) is 60.6 Å². The maximum Gasteiger partial charge on any atom is 0.411 e. The molecule has 0 radical (unpaired) electrons. The number of pyridine rings is 1.